The number of rotatable bonds is 3. The largest absolute Gasteiger partial charge is 0.481 e. The third-order valence-corrected chi connectivity index (χ3v) is 3.11. The highest BCUT2D eigenvalue weighted by molar-refractivity contribution is 5.75. The minimum Gasteiger partial charge on any atom is -0.481 e. The molecule has 0 aromatic rings. The van der Waals surface area contributed by atoms with Gasteiger partial charge in [-0.3, -0.25) is 4.79 Å². The van der Waals surface area contributed by atoms with E-state index in [9.17, 15) is 9.59 Å². The quantitative estimate of drug-likeness (QED) is 0.820. The molecule has 5 nitrogen and oxygen atoms in total. The number of carboxylic acid groups (broad SMARTS) is 1. The van der Waals surface area contributed by atoms with Gasteiger partial charge in [-0.2, -0.15) is 0 Å². The molecule has 1 aliphatic rings. The molecule has 1 N–H and O–H groups in total. The molecular weight excluding hydrogens is 220 g/mol. The van der Waals surface area contributed by atoms with E-state index in [2.05, 4.69) is 0 Å². The Morgan fingerprint density at radius 2 is 1.65 bits per heavy atom. The number of carbonyl (C=O) groups is 2. The van der Waals surface area contributed by atoms with Crippen molar-refractivity contribution in [1.29, 1.82) is 0 Å². The molecule has 1 fully saturated rings. The van der Waals surface area contributed by atoms with Crippen LogP contribution in [0.2, 0.25) is 0 Å². The first-order valence-electron chi connectivity index (χ1n) is 6.33. The number of carboxylic acids is 1. The number of hydrogen-bond acceptors (Lipinski definition) is 2. The van der Waals surface area contributed by atoms with Gasteiger partial charge in [-0.1, -0.05) is 19.3 Å². The van der Waals surface area contributed by atoms with Crippen LogP contribution in [0.5, 0.6) is 0 Å². The number of urea groups is 1. The zero-order valence-electron chi connectivity index (χ0n) is 10.5. The molecule has 98 valence electrons. The fourth-order valence-corrected chi connectivity index (χ4v) is 2.04. The van der Waals surface area contributed by atoms with Gasteiger partial charge >= 0.3 is 12.0 Å². The molecule has 0 aromatic heterocycles. The maximum Gasteiger partial charge on any atom is 0.319 e. The minimum absolute atomic E-state index is 0.01000. The van der Waals surface area contributed by atoms with Gasteiger partial charge in [-0.15, -0.1) is 0 Å². The van der Waals surface area contributed by atoms with Gasteiger partial charge in [0.1, 0.15) is 0 Å². The van der Waals surface area contributed by atoms with E-state index in [0.29, 0.717) is 0 Å². The zero-order chi connectivity index (χ0) is 12.7. The highest BCUT2D eigenvalue weighted by atomic mass is 16.4. The Morgan fingerprint density at radius 1 is 1.12 bits per heavy atom. The van der Waals surface area contributed by atoms with Crippen LogP contribution in [0.1, 0.15) is 38.5 Å². The van der Waals surface area contributed by atoms with E-state index in [1.54, 1.807) is 7.05 Å². The standard InChI is InChI=1S/C12H22N2O3/c1-13(10-7-11(15)16)12(17)14-8-5-3-2-4-6-9-14/h2-10H2,1H3,(H,15,16). The van der Waals surface area contributed by atoms with Crippen molar-refractivity contribution in [3.8, 4) is 0 Å². The molecule has 0 unspecified atom stereocenters. The molecule has 0 spiro atoms. The first kappa shape index (κ1) is 13.8. The van der Waals surface area contributed by atoms with Crippen molar-refractivity contribution >= 4 is 12.0 Å². The molecule has 1 rings (SSSR count). The fourth-order valence-electron chi connectivity index (χ4n) is 2.04. The molecule has 17 heavy (non-hydrogen) atoms. The van der Waals surface area contributed by atoms with E-state index in [-0.39, 0.29) is 19.0 Å². The lowest BCUT2D eigenvalue weighted by atomic mass is 10.1. The Bertz CT molecular complexity index is 260. The molecule has 0 aromatic carbocycles. The molecule has 0 saturated carbocycles. The Labute approximate surface area is 102 Å². The van der Waals surface area contributed by atoms with Crippen LogP contribution in [0.15, 0.2) is 0 Å². The van der Waals surface area contributed by atoms with Gasteiger partial charge in [-0.05, 0) is 12.8 Å². The first-order valence-corrected chi connectivity index (χ1v) is 6.33. The highest BCUT2D eigenvalue weighted by Crippen LogP contribution is 2.11. The summed E-state index contributed by atoms with van der Waals surface area (Å²) in [6.07, 6.45) is 5.75. The van der Waals surface area contributed by atoms with Crippen LogP contribution < -0.4 is 0 Å². The smallest absolute Gasteiger partial charge is 0.319 e. The summed E-state index contributed by atoms with van der Waals surface area (Å²) in [6, 6.07) is -0.0341. The normalized spacial score (nSPS) is 17.1. The van der Waals surface area contributed by atoms with E-state index in [1.165, 1.54) is 24.2 Å². The number of hydrogen-bond donors (Lipinski definition) is 1. The summed E-state index contributed by atoms with van der Waals surface area (Å²) in [7, 11) is 1.67. The predicted molar refractivity (Wildman–Crippen MR) is 64.9 cm³/mol. The lowest BCUT2D eigenvalue weighted by molar-refractivity contribution is -0.137. The zero-order valence-corrected chi connectivity index (χ0v) is 10.5. The molecule has 1 heterocycles. The van der Waals surface area contributed by atoms with Gasteiger partial charge in [0.05, 0.1) is 6.42 Å². The Kier molecular flexibility index (Phi) is 5.80. The number of amides is 2. The second kappa shape index (κ2) is 7.14. The summed E-state index contributed by atoms with van der Waals surface area (Å²) in [4.78, 5) is 25.8. The maximum absolute atomic E-state index is 12.0. The molecule has 1 saturated heterocycles. The van der Waals surface area contributed by atoms with E-state index < -0.39 is 5.97 Å². The van der Waals surface area contributed by atoms with E-state index in [1.807, 2.05) is 4.90 Å². The Balaban J connectivity index is 2.39. The summed E-state index contributed by atoms with van der Waals surface area (Å²) < 4.78 is 0. The van der Waals surface area contributed by atoms with Crippen LogP contribution in [0.25, 0.3) is 0 Å². The Morgan fingerprint density at radius 3 is 2.18 bits per heavy atom. The van der Waals surface area contributed by atoms with E-state index in [0.717, 1.165) is 25.9 Å². The summed E-state index contributed by atoms with van der Waals surface area (Å²) in [6.45, 7) is 1.89. The van der Waals surface area contributed by atoms with Crippen molar-refractivity contribution in [2.75, 3.05) is 26.7 Å². The van der Waals surface area contributed by atoms with Gasteiger partial charge in [-0.25, -0.2) is 4.79 Å². The first-order chi connectivity index (χ1) is 8.11. The van der Waals surface area contributed by atoms with Gasteiger partial charge < -0.3 is 14.9 Å². The van der Waals surface area contributed by atoms with Crippen LogP contribution in [-0.2, 0) is 4.79 Å². The van der Waals surface area contributed by atoms with Gasteiger partial charge in [0.25, 0.3) is 0 Å². The van der Waals surface area contributed by atoms with Crippen molar-refractivity contribution in [2.45, 2.75) is 38.5 Å². The molecule has 0 atom stereocenters. The second-order valence-electron chi connectivity index (χ2n) is 4.60. The second-order valence-corrected chi connectivity index (χ2v) is 4.60. The topological polar surface area (TPSA) is 60.9 Å². The SMILES string of the molecule is CN(CCC(=O)O)C(=O)N1CCCCCCC1. The monoisotopic (exact) mass is 242 g/mol. The van der Waals surface area contributed by atoms with Crippen molar-refractivity contribution in [1.82, 2.24) is 9.80 Å². The molecule has 0 aliphatic carbocycles. The predicted octanol–water partition coefficient (Wildman–Crippen LogP) is 1.78. The average molecular weight is 242 g/mol. The minimum atomic E-state index is -0.864. The Hall–Kier alpha value is -1.26. The van der Waals surface area contributed by atoms with Gasteiger partial charge in [0.15, 0.2) is 0 Å². The molecule has 0 bridgehead atoms. The van der Waals surface area contributed by atoms with Crippen molar-refractivity contribution in [3.63, 3.8) is 0 Å². The van der Waals surface area contributed by atoms with Gasteiger partial charge in [0, 0.05) is 26.7 Å². The van der Waals surface area contributed by atoms with E-state index >= 15 is 0 Å². The van der Waals surface area contributed by atoms with Crippen molar-refractivity contribution in [2.24, 2.45) is 0 Å². The molecule has 0 radical (unpaired) electrons. The summed E-state index contributed by atoms with van der Waals surface area (Å²) in [5.74, 6) is -0.864. The fraction of sp³-hybridized carbons (Fsp3) is 0.833. The van der Waals surface area contributed by atoms with Crippen LogP contribution in [-0.4, -0.2) is 53.6 Å². The number of likely N-dealkylation sites (tertiary alicyclic amines) is 1. The van der Waals surface area contributed by atoms with Crippen LogP contribution in [0.3, 0.4) is 0 Å². The molecule has 5 heteroatoms. The van der Waals surface area contributed by atoms with Crippen molar-refractivity contribution < 1.29 is 14.7 Å². The van der Waals surface area contributed by atoms with Crippen molar-refractivity contribution in [3.05, 3.63) is 0 Å². The van der Waals surface area contributed by atoms with Crippen LogP contribution in [0.4, 0.5) is 4.79 Å². The number of carbonyl (C=O) groups excluding carboxylic acids is 1. The lowest BCUT2D eigenvalue weighted by Gasteiger charge is -2.29. The molecular formula is C12H22N2O3. The molecule has 2 amide bonds. The third-order valence-electron chi connectivity index (χ3n) is 3.11. The number of nitrogens with zero attached hydrogens (tertiary/aromatic N) is 2. The van der Waals surface area contributed by atoms with E-state index in [4.69, 9.17) is 5.11 Å². The maximum atomic E-state index is 12.0. The average Bonchev–Trinajstić information content (AvgIpc) is 2.24. The summed E-state index contributed by atoms with van der Waals surface area (Å²) >= 11 is 0. The molecule has 1 aliphatic heterocycles. The third kappa shape index (κ3) is 5.06. The van der Waals surface area contributed by atoms with Crippen LogP contribution >= 0.6 is 0 Å². The summed E-state index contributed by atoms with van der Waals surface area (Å²) in [5.41, 5.74) is 0. The lowest BCUT2D eigenvalue weighted by Crippen LogP contribution is -2.43. The highest BCUT2D eigenvalue weighted by Gasteiger charge is 2.18. The summed E-state index contributed by atoms with van der Waals surface area (Å²) in [5, 5.41) is 8.59. The number of aliphatic carboxylic acids is 1. The van der Waals surface area contributed by atoms with Gasteiger partial charge in [0.2, 0.25) is 0 Å². The van der Waals surface area contributed by atoms with Crippen LogP contribution in [0, 0.1) is 0 Å².